The van der Waals surface area contributed by atoms with Crippen molar-refractivity contribution in [3.05, 3.63) is 78.1 Å². The SMILES string of the molecule is COc1ccc(NC(=NCc2ccccn2)NC(=O)c2ccc3c(c2)OCO3)cc1. The van der Waals surface area contributed by atoms with Crippen LogP contribution in [0.15, 0.2) is 71.9 Å². The van der Waals surface area contributed by atoms with Gasteiger partial charge in [-0.1, -0.05) is 6.07 Å². The molecule has 30 heavy (non-hydrogen) atoms. The number of nitrogens with one attached hydrogen (secondary N) is 2. The molecule has 1 aliphatic rings. The third-order valence-corrected chi connectivity index (χ3v) is 4.34. The van der Waals surface area contributed by atoms with E-state index in [4.69, 9.17) is 14.2 Å². The fourth-order valence-electron chi connectivity index (χ4n) is 2.79. The van der Waals surface area contributed by atoms with Crippen LogP contribution in [0.4, 0.5) is 5.69 Å². The molecule has 1 aromatic heterocycles. The summed E-state index contributed by atoms with van der Waals surface area (Å²) in [6.07, 6.45) is 1.70. The maximum Gasteiger partial charge on any atom is 0.258 e. The van der Waals surface area contributed by atoms with Crippen LogP contribution in [0, 0.1) is 0 Å². The van der Waals surface area contributed by atoms with Crippen molar-refractivity contribution in [3.63, 3.8) is 0 Å². The smallest absolute Gasteiger partial charge is 0.258 e. The van der Waals surface area contributed by atoms with E-state index in [1.807, 2.05) is 42.5 Å². The highest BCUT2D eigenvalue weighted by Gasteiger charge is 2.17. The number of hydrogen-bond donors (Lipinski definition) is 2. The standard InChI is InChI=1S/C22H20N4O4/c1-28-18-8-6-16(7-9-18)25-22(24-13-17-4-2-3-11-23-17)26-21(27)15-5-10-19-20(12-15)30-14-29-19/h2-12H,13-14H2,1H3,(H2,24,25,26,27). The highest BCUT2D eigenvalue weighted by atomic mass is 16.7. The Hall–Kier alpha value is -4.07. The van der Waals surface area contributed by atoms with Crippen molar-refractivity contribution in [2.75, 3.05) is 19.2 Å². The summed E-state index contributed by atoms with van der Waals surface area (Å²) in [5.74, 6) is 1.86. The largest absolute Gasteiger partial charge is 0.497 e. The zero-order chi connectivity index (χ0) is 20.8. The van der Waals surface area contributed by atoms with Gasteiger partial charge in [0.05, 0.1) is 19.3 Å². The van der Waals surface area contributed by atoms with Crippen molar-refractivity contribution in [2.45, 2.75) is 6.54 Å². The van der Waals surface area contributed by atoms with Gasteiger partial charge in [-0.25, -0.2) is 4.99 Å². The molecule has 1 amide bonds. The number of anilines is 1. The number of nitrogens with zero attached hydrogens (tertiary/aromatic N) is 2. The Bertz CT molecular complexity index is 1050. The predicted molar refractivity (Wildman–Crippen MR) is 112 cm³/mol. The Morgan fingerprint density at radius 2 is 1.93 bits per heavy atom. The van der Waals surface area contributed by atoms with Crippen LogP contribution in [-0.2, 0) is 6.54 Å². The highest BCUT2D eigenvalue weighted by molar-refractivity contribution is 6.10. The number of carbonyl (C=O) groups excluding carboxylic acids is 1. The summed E-state index contributed by atoms with van der Waals surface area (Å²) in [4.78, 5) is 21.5. The lowest BCUT2D eigenvalue weighted by Gasteiger charge is -2.12. The topological polar surface area (TPSA) is 94.1 Å². The van der Waals surface area contributed by atoms with Crippen LogP contribution in [0.1, 0.15) is 16.1 Å². The maximum absolute atomic E-state index is 12.8. The van der Waals surface area contributed by atoms with Crippen molar-refractivity contribution in [2.24, 2.45) is 4.99 Å². The minimum absolute atomic E-state index is 0.149. The molecule has 0 bridgehead atoms. The molecule has 0 saturated carbocycles. The van der Waals surface area contributed by atoms with Gasteiger partial charge in [-0.15, -0.1) is 0 Å². The lowest BCUT2D eigenvalue weighted by molar-refractivity contribution is 0.0976. The summed E-state index contributed by atoms with van der Waals surface area (Å²) < 4.78 is 15.8. The molecule has 0 atom stereocenters. The number of fused-ring (bicyclic) bond motifs is 1. The van der Waals surface area contributed by atoms with Gasteiger partial charge in [-0.05, 0) is 54.6 Å². The number of aromatic nitrogens is 1. The second kappa shape index (κ2) is 8.95. The van der Waals surface area contributed by atoms with Gasteiger partial charge in [0.2, 0.25) is 12.8 Å². The Morgan fingerprint density at radius 1 is 1.10 bits per heavy atom. The highest BCUT2D eigenvalue weighted by Crippen LogP contribution is 2.32. The average Bonchev–Trinajstić information content (AvgIpc) is 3.26. The number of carbonyl (C=O) groups is 1. The second-order valence-electron chi connectivity index (χ2n) is 6.36. The Morgan fingerprint density at radius 3 is 2.70 bits per heavy atom. The fraction of sp³-hybridized carbons (Fsp3) is 0.136. The summed E-state index contributed by atoms with van der Waals surface area (Å²) in [6, 6.07) is 17.9. The molecule has 0 saturated heterocycles. The average molecular weight is 404 g/mol. The third kappa shape index (κ3) is 4.67. The van der Waals surface area contributed by atoms with Crippen molar-refractivity contribution in [1.82, 2.24) is 10.3 Å². The van der Waals surface area contributed by atoms with Gasteiger partial charge >= 0.3 is 0 Å². The van der Waals surface area contributed by atoms with E-state index in [0.717, 1.165) is 17.1 Å². The number of ether oxygens (including phenoxy) is 3. The van der Waals surface area contributed by atoms with Crippen molar-refractivity contribution in [3.8, 4) is 17.2 Å². The van der Waals surface area contributed by atoms with Crippen LogP contribution < -0.4 is 24.8 Å². The van der Waals surface area contributed by atoms with E-state index < -0.39 is 0 Å². The fourth-order valence-corrected chi connectivity index (χ4v) is 2.79. The lowest BCUT2D eigenvalue weighted by atomic mass is 10.2. The molecule has 8 heteroatoms. The first-order valence-corrected chi connectivity index (χ1v) is 9.28. The molecule has 4 rings (SSSR count). The van der Waals surface area contributed by atoms with Crippen molar-refractivity contribution >= 4 is 17.6 Å². The molecule has 0 spiro atoms. The van der Waals surface area contributed by atoms with E-state index in [0.29, 0.717) is 29.6 Å². The van der Waals surface area contributed by atoms with E-state index in [1.165, 1.54) is 0 Å². The maximum atomic E-state index is 12.8. The molecule has 3 aromatic rings. The van der Waals surface area contributed by atoms with Gasteiger partial charge in [0, 0.05) is 17.4 Å². The van der Waals surface area contributed by atoms with E-state index in [-0.39, 0.29) is 12.7 Å². The first kappa shape index (κ1) is 19.3. The van der Waals surface area contributed by atoms with Crippen LogP contribution in [0.3, 0.4) is 0 Å². The molecule has 0 aliphatic carbocycles. The second-order valence-corrected chi connectivity index (χ2v) is 6.36. The molecule has 152 valence electrons. The zero-order valence-electron chi connectivity index (χ0n) is 16.3. The number of amides is 1. The molecule has 2 heterocycles. The van der Waals surface area contributed by atoms with Crippen LogP contribution in [-0.4, -0.2) is 30.8 Å². The van der Waals surface area contributed by atoms with Gasteiger partial charge in [0.1, 0.15) is 5.75 Å². The molecule has 2 aromatic carbocycles. The summed E-state index contributed by atoms with van der Waals surface area (Å²) in [5, 5.41) is 5.95. The van der Waals surface area contributed by atoms with E-state index in [2.05, 4.69) is 20.6 Å². The third-order valence-electron chi connectivity index (χ3n) is 4.34. The quantitative estimate of drug-likeness (QED) is 0.501. The number of pyridine rings is 1. The predicted octanol–water partition coefficient (Wildman–Crippen LogP) is 3.22. The summed E-state index contributed by atoms with van der Waals surface area (Å²) in [6.45, 7) is 0.455. The molecule has 0 radical (unpaired) electrons. The monoisotopic (exact) mass is 404 g/mol. The first-order valence-electron chi connectivity index (χ1n) is 9.28. The van der Waals surface area contributed by atoms with Gasteiger partial charge < -0.3 is 19.5 Å². The minimum atomic E-state index is -0.325. The normalized spacial score (nSPS) is 12.4. The van der Waals surface area contributed by atoms with E-state index in [1.54, 1.807) is 31.5 Å². The van der Waals surface area contributed by atoms with Crippen molar-refractivity contribution in [1.29, 1.82) is 0 Å². The lowest BCUT2D eigenvalue weighted by Crippen LogP contribution is -2.36. The summed E-state index contributed by atoms with van der Waals surface area (Å²) in [5.41, 5.74) is 1.96. The summed E-state index contributed by atoms with van der Waals surface area (Å²) >= 11 is 0. The van der Waals surface area contributed by atoms with E-state index in [9.17, 15) is 4.79 Å². The van der Waals surface area contributed by atoms with Crippen molar-refractivity contribution < 1.29 is 19.0 Å². The van der Waals surface area contributed by atoms with Gasteiger partial charge in [-0.3, -0.25) is 15.1 Å². The van der Waals surface area contributed by atoms with Gasteiger partial charge in [-0.2, -0.15) is 0 Å². The van der Waals surface area contributed by atoms with Crippen LogP contribution in [0.5, 0.6) is 17.2 Å². The molecule has 1 aliphatic heterocycles. The molecule has 0 unspecified atom stereocenters. The Balaban J connectivity index is 1.53. The van der Waals surface area contributed by atoms with Gasteiger partial charge in [0.15, 0.2) is 11.5 Å². The number of hydrogen-bond acceptors (Lipinski definition) is 6. The molecule has 2 N–H and O–H groups in total. The first-order chi connectivity index (χ1) is 14.7. The summed E-state index contributed by atoms with van der Waals surface area (Å²) in [7, 11) is 1.60. The van der Waals surface area contributed by atoms with Gasteiger partial charge in [0.25, 0.3) is 5.91 Å². The number of aliphatic imine (C=N–C) groups is 1. The molecule has 0 fully saturated rings. The van der Waals surface area contributed by atoms with Crippen LogP contribution in [0.2, 0.25) is 0 Å². The number of methoxy groups -OCH3 is 1. The number of benzene rings is 2. The zero-order valence-corrected chi connectivity index (χ0v) is 16.3. The molecular weight excluding hydrogens is 384 g/mol. The van der Waals surface area contributed by atoms with E-state index >= 15 is 0 Å². The Kier molecular flexibility index (Phi) is 5.75. The minimum Gasteiger partial charge on any atom is -0.497 e. The molecule has 8 nitrogen and oxygen atoms in total. The number of rotatable bonds is 5. The van der Waals surface area contributed by atoms with Crippen LogP contribution in [0.25, 0.3) is 0 Å². The number of guanidine groups is 1. The Labute approximate surface area is 173 Å². The van der Waals surface area contributed by atoms with Crippen LogP contribution >= 0.6 is 0 Å². The molecular formula is C22H20N4O4.